The number of carboxylic acid groups (broad SMARTS) is 1. The number of hydrogen-bond donors (Lipinski definition) is 1. The van der Waals surface area contributed by atoms with Crippen molar-refractivity contribution in [3.63, 3.8) is 0 Å². The third-order valence-electron chi connectivity index (χ3n) is 1.91. The zero-order valence-electron chi connectivity index (χ0n) is 8.63. The molecular formula is C8H9F2NO4S2. The highest BCUT2D eigenvalue weighted by molar-refractivity contribution is 7.89. The van der Waals surface area contributed by atoms with Crippen molar-refractivity contribution in [1.29, 1.82) is 0 Å². The van der Waals surface area contributed by atoms with E-state index in [2.05, 4.69) is 0 Å². The van der Waals surface area contributed by atoms with Gasteiger partial charge in [-0.1, -0.05) is 0 Å². The topological polar surface area (TPSA) is 74.7 Å². The van der Waals surface area contributed by atoms with Gasteiger partial charge in [0.15, 0.2) is 0 Å². The number of nitrogens with zero attached hydrogens (tertiary/aromatic N) is 1. The summed E-state index contributed by atoms with van der Waals surface area (Å²) in [5, 5.41) is 10.0. The first-order valence-electron chi connectivity index (χ1n) is 4.32. The van der Waals surface area contributed by atoms with E-state index in [9.17, 15) is 22.0 Å². The minimum atomic E-state index is -4.18. The van der Waals surface area contributed by atoms with Crippen molar-refractivity contribution >= 4 is 27.3 Å². The largest absolute Gasteiger partial charge is 0.477 e. The second-order valence-corrected chi connectivity index (χ2v) is 6.03. The molecule has 96 valence electrons. The lowest BCUT2D eigenvalue weighted by molar-refractivity contribution is 0.0698. The van der Waals surface area contributed by atoms with Gasteiger partial charge in [-0.3, -0.25) is 0 Å². The summed E-state index contributed by atoms with van der Waals surface area (Å²) in [6.07, 6.45) is -2.82. The number of alkyl halides is 2. The minimum absolute atomic E-state index is 0.383. The molecule has 1 rings (SSSR count). The first kappa shape index (κ1) is 14.0. The molecule has 0 unspecified atom stereocenters. The summed E-state index contributed by atoms with van der Waals surface area (Å²) in [6, 6.07) is 1.09. The Hall–Kier alpha value is -1.06. The molecule has 0 aliphatic rings. The highest BCUT2D eigenvalue weighted by atomic mass is 32.2. The average molecular weight is 285 g/mol. The Kier molecular flexibility index (Phi) is 4.17. The maximum absolute atomic E-state index is 12.1. The summed E-state index contributed by atoms with van der Waals surface area (Å²) in [7, 11) is -3.21. The molecule has 0 aliphatic carbocycles. The normalized spacial score (nSPS) is 12.3. The summed E-state index contributed by atoms with van der Waals surface area (Å²) in [5.41, 5.74) is 0. The highest BCUT2D eigenvalue weighted by Crippen LogP contribution is 2.24. The van der Waals surface area contributed by atoms with E-state index >= 15 is 0 Å². The fourth-order valence-electron chi connectivity index (χ4n) is 1.12. The number of halogens is 2. The Morgan fingerprint density at radius 1 is 1.59 bits per heavy atom. The van der Waals surface area contributed by atoms with Crippen molar-refractivity contribution in [2.24, 2.45) is 0 Å². The monoisotopic (exact) mass is 285 g/mol. The van der Waals surface area contributed by atoms with Crippen molar-refractivity contribution in [2.75, 3.05) is 13.6 Å². The Morgan fingerprint density at radius 3 is 2.65 bits per heavy atom. The van der Waals surface area contributed by atoms with Crippen molar-refractivity contribution in [3.8, 4) is 0 Å². The lowest BCUT2D eigenvalue weighted by atomic mass is 10.5. The lowest BCUT2D eigenvalue weighted by Crippen LogP contribution is -2.31. The molecule has 1 aromatic rings. The highest BCUT2D eigenvalue weighted by Gasteiger charge is 2.29. The molecule has 0 fully saturated rings. The summed E-state index contributed by atoms with van der Waals surface area (Å²) in [5.74, 6) is -1.40. The van der Waals surface area contributed by atoms with Gasteiger partial charge in [0.25, 0.3) is 6.43 Å². The number of hydrogen-bond acceptors (Lipinski definition) is 4. The molecule has 0 amide bonds. The van der Waals surface area contributed by atoms with Crippen LogP contribution in [0.2, 0.25) is 0 Å². The molecule has 0 spiro atoms. The number of rotatable bonds is 5. The zero-order chi connectivity index (χ0) is 13.2. The molecule has 1 aromatic heterocycles. The van der Waals surface area contributed by atoms with Gasteiger partial charge in [-0.25, -0.2) is 22.0 Å². The minimum Gasteiger partial charge on any atom is -0.477 e. The lowest BCUT2D eigenvalue weighted by Gasteiger charge is -2.16. The third-order valence-corrected chi connectivity index (χ3v) is 4.80. The van der Waals surface area contributed by atoms with E-state index in [0.29, 0.717) is 4.31 Å². The average Bonchev–Trinajstić information content (AvgIpc) is 2.64. The molecule has 1 heterocycles. The van der Waals surface area contributed by atoms with Crippen LogP contribution in [0.15, 0.2) is 16.3 Å². The molecule has 0 saturated carbocycles. The van der Waals surface area contributed by atoms with Gasteiger partial charge in [-0.15, -0.1) is 11.3 Å². The molecule has 0 bridgehead atoms. The molecule has 0 aliphatic heterocycles. The van der Waals surface area contributed by atoms with Crippen molar-refractivity contribution in [2.45, 2.75) is 11.3 Å². The Labute approximate surface area is 100 Å². The van der Waals surface area contributed by atoms with Crippen LogP contribution < -0.4 is 0 Å². The van der Waals surface area contributed by atoms with Gasteiger partial charge >= 0.3 is 5.97 Å². The Balaban J connectivity index is 3.13. The third kappa shape index (κ3) is 2.99. The van der Waals surface area contributed by atoms with Gasteiger partial charge in [-0.2, -0.15) is 4.31 Å². The SMILES string of the molecule is CN(CC(F)F)S(=O)(=O)c1ccsc1C(=O)O. The van der Waals surface area contributed by atoms with Gasteiger partial charge in [0.05, 0.1) is 6.54 Å². The molecule has 0 saturated heterocycles. The molecular weight excluding hydrogens is 276 g/mol. The second-order valence-electron chi connectivity index (χ2n) is 3.10. The van der Waals surface area contributed by atoms with Crippen LogP contribution in [-0.2, 0) is 10.0 Å². The van der Waals surface area contributed by atoms with E-state index < -0.39 is 33.9 Å². The summed E-state index contributed by atoms with van der Waals surface area (Å²) in [4.78, 5) is 9.91. The van der Waals surface area contributed by atoms with E-state index in [0.717, 1.165) is 24.5 Å². The van der Waals surface area contributed by atoms with Crippen LogP contribution in [0.4, 0.5) is 8.78 Å². The van der Waals surface area contributed by atoms with Gasteiger partial charge < -0.3 is 5.11 Å². The quantitative estimate of drug-likeness (QED) is 0.885. The molecule has 0 atom stereocenters. The van der Waals surface area contributed by atoms with Crippen molar-refractivity contribution < 1.29 is 27.1 Å². The number of carboxylic acids is 1. The van der Waals surface area contributed by atoms with Crippen LogP contribution in [0.25, 0.3) is 0 Å². The van der Waals surface area contributed by atoms with Gasteiger partial charge in [0.2, 0.25) is 10.0 Å². The maximum atomic E-state index is 12.1. The van der Waals surface area contributed by atoms with Gasteiger partial charge in [0.1, 0.15) is 9.77 Å². The van der Waals surface area contributed by atoms with Crippen LogP contribution in [-0.4, -0.2) is 43.8 Å². The molecule has 0 radical (unpaired) electrons. The van der Waals surface area contributed by atoms with Crippen LogP contribution >= 0.6 is 11.3 Å². The Bertz CT molecular complexity index is 511. The molecule has 17 heavy (non-hydrogen) atoms. The van der Waals surface area contributed by atoms with E-state index in [1.54, 1.807) is 0 Å². The number of sulfonamides is 1. The van der Waals surface area contributed by atoms with Gasteiger partial charge in [0, 0.05) is 7.05 Å². The predicted octanol–water partition coefficient (Wildman–Crippen LogP) is 1.33. The van der Waals surface area contributed by atoms with Crippen molar-refractivity contribution in [3.05, 3.63) is 16.3 Å². The van der Waals surface area contributed by atoms with E-state index in [-0.39, 0.29) is 4.88 Å². The Morgan fingerprint density at radius 2 is 2.18 bits per heavy atom. The van der Waals surface area contributed by atoms with Crippen LogP contribution in [0.5, 0.6) is 0 Å². The van der Waals surface area contributed by atoms with E-state index in [1.165, 1.54) is 5.38 Å². The molecule has 5 nitrogen and oxygen atoms in total. The standard InChI is InChI=1S/C8H9F2NO4S2/c1-11(4-6(9)10)17(14,15)5-2-3-16-7(5)8(12)13/h2-3,6H,4H2,1H3,(H,12,13). The van der Waals surface area contributed by atoms with E-state index in [4.69, 9.17) is 5.11 Å². The van der Waals surface area contributed by atoms with Gasteiger partial charge in [-0.05, 0) is 11.4 Å². The van der Waals surface area contributed by atoms with Crippen molar-refractivity contribution in [1.82, 2.24) is 4.31 Å². The summed E-state index contributed by atoms with van der Waals surface area (Å²) in [6.45, 7) is -0.975. The smallest absolute Gasteiger partial charge is 0.347 e. The summed E-state index contributed by atoms with van der Waals surface area (Å²) >= 11 is 0.728. The molecule has 9 heteroatoms. The number of aromatic carboxylic acids is 1. The number of carbonyl (C=O) groups is 1. The van der Waals surface area contributed by atoms with E-state index in [1.807, 2.05) is 0 Å². The zero-order valence-corrected chi connectivity index (χ0v) is 10.3. The van der Waals surface area contributed by atoms with Crippen LogP contribution in [0.3, 0.4) is 0 Å². The molecule has 0 aromatic carbocycles. The first-order valence-corrected chi connectivity index (χ1v) is 6.64. The number of thiophene rings is 1. The second kappa shape index (κ2) is 5.07. The first-order chi connectivity index (χ1) is 7.76. The van der Waals surface area contributed by atoms with Crippen LogP contribution in [0, 0.1) is 0 Å². The predicted molar refractivity (Wildman–Crippen MR) is 57.1 cm³/mol. The summed E-state index contributed by atoms with van der Waals surface area (Å²) < 4.78 is 48.2. The fraction of sp³-hybridized carbons (Fsp3) is 0.375. The van der Waals surface area contributed by atoms with Crippen LogP contribution in [0.1, 0.15) is 9.67 Å². The molecule has 1 N–H and O–H groups in total. The maximum Gasteiger partial charge on any atom is 0.347 e. The fourth-order valence-corrected chi connectivity index (χ4v) is 3.49.